The van der Waals surface area contributed by atoms with Crippen molar-refractivity contribution < 1.29 is 14.3 Å². The molecule has 0 saturated heterocycles. The van der Waals surface area contributed by atoms with Gasteiger partial charge in [0.05, 0.1) is 18.0 Å². The third-order valence-corrected chi connectivity index (χ3v) is 5.10. The van der Waals surface area contributed by atoms with Gasteiger partial charge in [0.25, 0.3) is 5.91 Å². The Morgan fingerprint density at radius 2 is 2.08 bits per heavy atom. The SMILES string of the molecule is CCCCCN(Cc1nc(C(=O)OCC)cs1)C(=O)c1cccs1. The van der Waals surface area contributed by atoms with E-state index in [9.17, 15) is 9.59 Å². The van der Waals surface area contributed by atoms with E-state index in [2.05, 4.69) is 11.9 Å². The van der Waals surface area contributed by atoms with Gasteiger partial charge in [-0.05, 0) is 24.8 Å². The molecule has 24 heavy (non-hydrogen) atoms. The lowest BCUT2D eigenvalue weighted by molar-refractivity contribution is 0.0520. The van der Waals surface area contributed by atoms with Gasteiger partial charge in [-0.3, -0.25) is 4.79 Å². The Bertz CT molecular complexity index is 653. The highest BCUT2D eigenvalue weighted by atomic mass is 32.1. The Morgan fingerprint density at radius 1 is 1.25 bits per heavy atom. The summed E-state index contributed by atoms with van der Waals surface area (Å²) >= 11 is 2.83. The molecule has 7 heteroatoms. The highest BCUT2D eigenvalue weighted by Gasteiger charge is 2.19. The number of thiophene rings is 1. The first kappa shape index (κ1) is 18.6. The summed E-state index contributed by atoms with van der Waals surface area (Å²) in [6.07, 6.45) is 3.15. The number of thiazole rings is 1. The zero-order valence-electron chi connectivity index (χ0n) is 14.0. The largest absolute Gasteiger partial charge is 0.461 e. The number of esters is 1. The van der Waals surface area contributed by atoms with Crippen LogP contribution >= 0.6 is 22.7 Å². The molecule has 2 rings (SSSR count). The van der Waals surface area contributed by atoms with E-state index in [1.807, 2.05) is 22.4 Å². The molecular weight excluding hydrogens is 344 g/mol. The first-order valence-corrected chi connectivity index (χ1v) is 9.86. The van der Waals surface area contributed by atoms with Crippen molar-refractivity contribution in [3.05, 3.63) is 38.5 Å². The molecule has 0 fully saturated rings. The van der Waals surface area contributed by atoms with E-state index in [-0.39, 0.29) is 5.91 Å². The predicted molar refractivity (Wildman–Crippen MR) is 96.7 cm³/mol. The zero-order chi connectivity index (χ0) is 17.4. The number of aromatic nitrogens is 1. The molecule has 2 aromatic rings. The summed E-state index contributed by atoms with van der Waals surface area (Å²) in [5.41, 5.74) is 0.314. The van der Waals surface area contributed by atoms with Crippen LogP contribution in [0.3, 0.4) is 0 Å². The van der Waals surface area contributed by atoms with Crippen molar-refractivity contribution in [3.8, 4) is 0 Å². The number of carbonyl (C=O) groups is 2. The van der Waals surface area contributed by atoms with Crippen LogP contribution < -0.4 is 0 Å². The fourth-order valence-electron chi connectivity index (χ4n) is 2.21. The van der Waals surface area contributed by atoms with Crippen molar-refractivity contribution in [3.63, 3.8) is 0 Å². The second kappa shape index (κ2) is 9.54. The first-order chi connectivity index (χ1) is 11.7. The molecule has 0 N–H and O–H groups in total. The first-order valence-electron chi connectivity index (χ1n) is 8.10. The van der Waals surface area contributed by atoms with Gasteiger partial charge < -0.3 is 9.64 Å². The molecule has 130 valence electrons. The van der Waals surface area contributed by atoms with Crippen molar-refractivity contribution in [1.29, 1.82) is 0 Å². The zero-order valence-corrected chi connectivity index (χ0v) is 15.6. The number of carbonyl (C=O) groups excluding carboxylic acids is 2. The van der Waals surface area contributed by atoms with Crippen LogP contribution in [0.15, 0.2) is 22.9 Å². The maximum absolute atomic E-state index is 12.7. The average Bonchev–Trinajstić information content (AvgIpc) is 3.25. The normalized spacial score (nSPS) is 10.6. The molecule has 2 aromatic heterocycles. The molecule has 0 bridgehead atoms. The summed E-state index contributed by atoms with van der Waals surface area (Å²) in [7, 11) is 0. The lowest BCUT2D eigenvalue weighted by Crippen LogP contribution is -2.31. The Labute approximate surface area is 150 Å². The third kappa shape index (κ3) is 5.14. The summed E-state index contributed by atoms with van der Waals surface area (Å²) in [5.74, 6) is -0.392. The minimum Gasteiger partial charge on any atom is -0.461 e. The molecule has 0 aliphatic carbocycles. The topological polar surface area (TPSA) is 59.5 Å². The molecule has 0 aliphatic rings. The summed E-state index contributed by atoms with van der Waals surface area (Å²) in [4.78, 5) is 31.2. The van der Waals surface area contributed by atoms with Crippen molar-refractivity contribution in [2.75, 3.05) is 13.2 Å². The number of hydrogen-bond donors (Lipinski definition) is 0. The van der Waals surface area contributed by atoms with E-state index in [0.29, 0.717) is 25.4 Å². The van der Waals surface area contributed by atoms with Crippen LogP contribution in [0.25, 0.3) is 0 Å². The fraction of sp³-hybridized carbons (Fsp3) is 0.471. The van der Waals surface area contributed by atoms with Crippen molar-refractivity contribution in [1.82, 2.24) is 9.88 Å². The fourth-order valence-corrected chi connectivity index (χ4v) is 3.68. The van der Waals surface area contributed by atoms with Crippen LogP contribution in [0.1, 0.15) is 58.3 Å². The molecule has 0 aliphatic heterocycles. The lowest BCUT2D eigenvalue weighted by atomic mass is 10.2. The van der Waals surface area contributed by atoms with E-state index < -0.39 is 5.97 Å². The molecule has 0 unspecified atom stereocenters. The predicted octanol–water partition coefficient (Wildman–Crippen LogP) is 4.21. The number of ether oxygens (including phenoxy) is 1. The van der Waals surface area contributed by atoms with E-state index in [1.54, 1.807) is 12.3 Å². The minimum atomic E-state index is -0.415. The Morgan fingerprint density at radius 3 is 2.75 bits per heavy atom. The van der Waals surface area contributed by atoms with E-state index in [0.717, 1.165) is 29.1 Å². The van der Waals surface area contributed by atoms with Gasteiger partial charge in [-0.2, -0.15) is 0 Å². The average molecular weight is 367 g/mol. The van der Waals surface area contributed by atoms with Gasteiger partial charge in [0, 0.05) is 11.9 Å². The van der Waals surface area contributed by atoms with Gasteiger partial charge in [0.15, 0.2) is 5.69 Å². The summed E-state index contributed by atoms with van der Waals surface area (Å²) in [6.45, 7) is 5.34. The van der Waals surface area contributed by atoms with Crippen LogP contribution in [0, 0.1) is 0 Å². The monoisotopic (exact) mass is 366 g/mol. The molecule has 1 amide bonds. The Hall–Kier alpha value is -1.73. The number of hydrogen-bond acceptors (Lipinski definition) is 6. The lowest BCUT2D eigenvalue weighted by Gasteiger charge is -2.21. The van der Waals surface area contributed by atoms with Gasteiger partial charge >= 0.3 is 5.97 Å². The molecule has 0 aromatic carbocycles. The molecular formula is C17H22N2O3S2. The van der Waals surface area contributed by atoms with Gasteiger partial charge in [0.1, 0.15) is 5.01 Å². The molecule has 2 heterocycles. The van der Waals surface area contributed by atoms with Gasteiger partial charge in [-0.1, -0.05) is 25.8 Å². The van der Waals surface area contributed by atoms with E-state index >= 15 is 0 Å². The summed E-state index contributed by atoms with van der Waals surface area (Å²) in [5, 5.41) is 4.34. The molecule has 0 atom stereocenters. The van der Waals surface area contributed by atoms with Crippen molar-refractivity contribution in [2.45, 2.75) is 39.7 Å². The quantitative estimate of drug-likeness (QED) is 0.493. The molecule has 5 nitrogen and oxygen atoms in total. The smallest absolute Gasteiger partial charge is 0.357 e. The highest BCUT2D eigenvalue weighted by Crippen LogP contribution is 2.18. The number of nitrogens with zero attached hydrogens (tertiary/aromatic N) is 2. The number of amides is 1. The van der Waals surface area contributed by atoms with Gasteiger partial charge in [-0.25, -0.2) is 9.78 Å². The van der Waals surface area contributed by atoms with Crippen LogP contribution in [0.5, 0.6) is 0 Å². The van der Waals surface area contributed by atoms with E-state index in [4.69, 9.17) is 4.74 Å². The number of rotatable bonds is 9. The number of unbranched alkanes of at least 4 members (excludes halogenated alkanes) is 2. The maximum Gasteiger partial charge on any atom is 0.357 e. The minimum absolute atomic E-state index is 0.0222. The van der Waals surface area contributed by atoms with Crippen LogP contribution in [-0.2, 0) is 11.3 Å². The van der Waals surface area contributed by atoms with Crippen LogP contribution in [0.4, 0.5) is 0 Å². The van der Waals surface area contributed by atoms with Crippen LogP contribution in [0.2, 0.25) is 0 Å². The van der Waals surface area contributed by atoms with Crippen LogP contribution in [-0.4, -0.2) is 34.9 Å². The highest BCUT2D eigenvalue weighted by molar-refractivity contribution is 7.12. The summed E-state index contributed by atoms with van der Waals surface area (Å²) in [6, 6.07) is 3.72. The van der Waals surface area contributed by atoms with Crippen molar-refractivity contribution >= 4 is 34.6 Å². The third-order valence-electron chi connectivity index (χ3n) is 3.41. The molecule has 0 saturated carbocycles. The Kier molecular flexibility index (Phi) is 7.39. The van der Waals surface area contributed by atoms with E-state index in [1.165, 1.54) is 22.7 Å². The van der Waals surface area contributed by atoms with Gasteiger partial charge in [-0.15, -0.1) is 22.7 Å². The second-order valence-electron chi connectivity index (χ2n) is 5.26. The Balaban J connectivity index is 2.07. The summed E-state index contributed by atoms with van der Waals surface area (Å²) < 4.78 is 4.96. The standard InChI is InChI=1S/C17H22N2O3S2/c1-3-5-6-9-19(16(20)14-8-7-10-23-14)11-15-18-13(12-24-15)17(21)22-4-2/h7-8,10,12H,3-6,9,11H2,1-2H3. The van der Waals surface area contributed by atoms with Crippen molar-refractivity contribution in [2.24, 2.45) is 0 Å². The molecule has 0 radical (unpaired) electrons. The maximum atomic E-state index is 12.7. The molecule has 0 spiro atoms. The van der Waals surface area contributed by atoms with Gasteiger partial charge in [0.2, 0.25) is 0 Å². The second-order valence-corrected chi connectivity index (χ2v) is 7.15.